The van der Waals surface area contributed by atoms with Crippen LogP contribution in [0.3, 0.4) is 0 Å². The summed E-state index contributed by atoms with van der Waals surface area (Å²) in [6.45, 7) is 4.03. The molecule has 2 amide bonds. The molecule has 3 rings (SSSR count). The third-order valence-electron chi connectivity index (χ3n) is 5.31. The van der Waals surface area contributed by atoms with Gasteiger partial charge in [-0.3, -0.25) is 14.3 Å². The highest BCUT2D eigenvalue weighted by atomic mass is 16.5. The van der Waals surface area contributed by atoms with E-state index in [2.05, 4.69) is 10.4 Å². The molecule has 2 aliphatic rings. The van der Waals surface area contributed by atoms with Gasteiger partial charge in [-0.1, -0.05) is 25.7 Å². The molecule has 1 aliphatic heterocycles. The van der Waals surface area contributed by atoms with Crippen LogP contribution in [0, 0.1) is 5.92 Å². The predicted octanol–water partition coefficient (Wildman–Crippen LogP) is 1.91. The third kappa shape index (κ3) is 5.13. The molecular formula is C20H30N4O4. The minimum Gasteiger partial charge on any atom is -0.499 e. The molecule has 1 atom stereocenters. The van der Waals surface area contributed by atoms with Gasteiger partial charge in [-0.2, -0.15) is 5.10 Å². The van der Waals surface area contributed by atoms with E-state index in [9.17, 15) is 14.7 Å². The van der Waals surface area contributed by atoms with Gasteiger partial charge in [0.2, 0.25) is 5.91 Å². The van der Waals surface area contributed by atoms with E-state index in [-0.39, 0.29) is 11.8 Å². The van der Waals surface area contributed by atoms with Crippen molar-refractivity contribution < 1.29 is 19.4 Å². The van der Waals surface area contributed by atoms with E-state index in [4.69, 9.17) is 4.74 Å². The molecule has 1 unspecified atom stereocenters. The highest BCUT2D eigenvalue weighted by Crippen LogP contribution is 2.31. The lowest BCUT2D eigenvalue weighted by molar-refractivity contribution is -0.134. The molecule has 28 heavy (non-hydrogen) atoms. The molecule has 1 aromatic rings. The van der Waals surface area contributed by atoms with Crippen molar-refractivity contribution in [1.29, 1.82) is 0 Å². The standard InChI is InChI=1S/C20H30N4O4/c1-20(2,27)13-23-9-8-17(22-23)21-19(26)16(10-14-6-4-5-7-14)24-12-15(28-3)11-18(24)25/h8-9,11,14,16,27H,4-7,10,12-13H2,1-3H3,(H,21,22,26). The van der Waals surface area contributed by atoms with Gasteiger partial charge in [0.05, 0.1) is 25.8 Å². The van der Waals surface area contributed by atoms with Crippen molar-refractivity contribution in [3.05, 3.63) is 24.1 Å². The van der Waals surface area contributed by atoms with Gasteiger partial charge in [0.25, 0.3) is 5.91 Å². The topological polar surface area (TPSA) is 96.7 Å². The van der Waals surface area contributed by atoms with Gasteiger partial charge >= 0.3 is 0 Å². The summed E-state index contributed by atoms with van der Waals surface area (Å²) < 4.78 is 6.80. The summed E-state index contributed by atoms with van der Waals surface area (Å²) in [6.07, 6.45) is 8.35. The van der Waals surface area contributed by atoms with Crippen LogP contribution in [-0.4, -0.2) is 56.9 Å². The SMILES string of the molecule is COC1=CC(=O)N(C(CC2CCCC2)C(=O)Nc2ccn(CC(C)(C)O)n2)C1. The lowest BCUT2D eigenvalue weighted by Crippen LogP contribution is -2.46. The molecule has 0 spiro atoms. The number of carbonyl (C=O) groups is 2. The molecule has 0 bridgehead atoms. The smallest absolute Gasteiger partial charge is 0.251 e. The van der Waals surface area contributed by atoms with E-state index in [1.807, 2.05) is 0 Å². The van der Waals surface area contributed by atoms with Crippen LogP contribution in [0.15, 0.2) is 24.1 Å². The molecule has 8 nitrogen and oxygen atoms in total. The van der Waals surface area contributed by atoms with Gasteiger partial charge < -0.3 is 20.1 Å². The first-order valence-electron chi connectivity index (χ1n) is 9.87. The Bertz CT molecular complexity index is 744. The number of rotatable bonds is 8. The van der Waals surface area contributed by atoms with Gasteiger partial charge in [0, 0.05) is 18.3 Å². The number of amides is 2. The fraction of sp³-hybridized carbons (Fsp3) is 0.650. The number of nitrogens with one attached hydrogen (secondary N) is 1. The molecule has 2 N–H and O–H groups in total. The molecule has 2 heterocycles. The summed E-state index contributed by atoms with van der Waals surface area (Å²) >= 11 is 0. The third-order valence-corrected chi connectivity index (χ3v) is 5.31. The van der Waals surface area contributed by atoms with E-state index >= 15 is 0 Å². The first-order valence-corrected chi connectivity index (χ1v) is 9.87. The zero-order chi connectivity index (χ0) is 20.3. The number of anilines is 1. The second kappa shape index (κ2) is 8.34. The van der Waals surface area contributed by atoms with Crippen molar-refractivity contribution in [2.24, 2.45) is 5.92 Å². The Morgan fingerprint density at radius 1 is 1.43 bits per heavy atom. The lowest BCUT2D eigenvalue weighted by Gasteiger charge is -2.28. The van der Waals surface area contributed by atoms with Crippen LogP contribution in [0.2, 0.25) is 0 Å². The number of methoxy groups -OCH3 is 1. The van der Waals surface area contributed by atoms with Crippen LogP contribution in [0.1, 0.15) is 46.0 Å². The van der Waals surface area contributed by atoms with E-state index in [0.29, 0.717) is 37.0 Å². The molecule has 1 aromatic heterocycles. The minimum atomic E-state index is -0.900. The summed E-state index contributed by atoms with van der Waals surface area (Å²) in [6, 6.07) is 1.14. The Kier molecular flexibility index (Phi) is 6.07. The van der Waals surface area contributed by atoms with E-state index in [1.54, 1.807) is 35.7 Å². The summed E-state index contributed by atoms with van der Waals surface area (Å²) in [5, 5.41) is 17.1. The van der Waals surface area contributed by atoms with E-state index in [0.717, 1.165) is 12.8 Å². The van der Waals surface area contributed by atoms with Crippen LogP contribution in [0.25, 0.3) is 0 Å². The Morgan fingerprint density at radius 2 is 2.14 bits per heavy atom. The Labute approximate surface area is 165 Å². The number of nitrogens with zero attached hydrogens (tertiary/aromatic N) is 3. The quantitative estimate of drug-likeness (QED) is 0.707. The molecule has 0 saturated heterocycles. The van der Waals surface area contributed by atoms with Crippen molar-refractivity contribution in [3.63, 3.8) is 0 Å². The fourth-order valence-corrected chi connectivity index (χ4v) is 3.96. The number of aromatic nitrogens is 2. The molecule has 0 radical (unpaired) electrons. The fourth-order valence-electron chi connectivity index (χ4n) is 3.96. The van der Waals surface area contributed by atoms with Crippen molar-refractivity contribution in [1.82, 2.24) is 14.7 Å². The summed E-state index contributed by atoms with van der Waals surface area (Å²) in [7, 11) is 1.53. The number of carbonyl (C=O) groups excluding carboxylic acids is 2. The minimum absolute atomic E-state index is 0.192. The molecular weight excluding hydrogens is 360 g/mol. The van der Waals surface area contributed by atoms with Crippen molar-refractivity contribution in [3.8, 4) is 0 Å². The van der Waals surface area contributed by atoms with Gasteiger partial charge in [-0.15, -0.1) is 0 Å². The average molecular weight is 390 g/mol. The molecule has 8 heteroatoms. The number of hydrogen-bond acceptors (Lipinski definition) is 5. The predicted molar refractivity (Wildman–Crippen MR) is 104 cm³/mol. The Hall–Kier alpha value is -2.35. The number of hydrogen-bond donors (Lipinski definition) is 2. The maximum Gasteiger partial charge on any atom is 0.251 e. The highest BCUT2D eigenvalue weighted by molar-refractivity contribution is 5.99. The highest BCUT2D eigenvalue weighted by Gasteiger charge is 2.36. The molecule has 1 aliphatic carbocycles. The van der Waals surface area contributed by atoms with Crippen molar-refractivity contribution in [2.75, 3.05) is 19.0 Å². The Balaban J connectivity index is 1.70. The monoisotopic (exact) mass is 390 g/mol. The number of aliphatic hydroxyl groups is 1. The molecule has 1 fully saturated rings. The van der Waals surface area contributed by atoms with E-state index < -0.39 is 11.6 Å². The van der Waals surface area contributed by atoms with Gasteiger partial charge in [0.15, 0.2) is 5.82 Å². The second-order valence-electron chi connectivity index (χ2n) is 8.38. The van der Waals surface area contributed by atoms with Gasteiger partial charge in [-0.05, 0) is 26.2 Å². The van der Waals surface area contributed by atoms with Crippen LogP contribution in [-0.2, 0) is 20.9 Å². The van der Waals surface area contributed by atoms with Crippen LogP contribution in [0.4, 0.5) is 5.82 Å². The van der Waals surface area contributed by atoms with Crippen molar-refractivity contribution in [2.45, 2.75) is 64.1 Å². The summed E-state index contributed by atoms with van der Waals surface area (Å²) in [5.41, 5.74) is -0.900. The maximum absolute atomic E-state index is 13.1. The first kappa shape index (κ1) is 20.4. The lowest BCUT2D eigenvalue weighted by atomic mass is 9.97. The van der Waals surface area contributed by atoms with Gasteiger partial charge in [-0.25, -0.2) is 0 Å². The maximum atomic E-state index is 13.1. The largest absolute Gasteiger partial charge is 0.499 e. The number of ether oxygens (including phenoxy) is 1. The first-order chi connectivity index (χ1) is 13.2. The molecule has 154 valence electrons. The van der Waals surface area contributed by atoms with Crippen LogP contribution in [0.5, 0.6) is 0 Å². The van der Waals surface area contributed by atoms with Crippen molar-refractivity contribution >= 4 is 17.6 Å². The normalized spacial score (nSPS) is 19.1. The van der Waals surface area contributed by atoms with Crippen LogP contribution < -0.4 is 5.32 Å². The average Bonchev–Trinajstić information content (AvgIpc) is 3.33. The zero-order valence-corrected chi connectivity index (χ0v) is 16.9. The van der Waals surface area contributed by atoms with Crippen LogP contribution >= 0.6 is 0 Å². The molecule has 0 aromatic carbocycles. The Morgan fingerprint density at radius 3 is 2.75 bits per heavy atom. The van der Waals surface area contributed by atoms with E-state index in [1.165, 1.54) is 26.0 Å². The summed E-state index contributed by atoms with van der Waals surface area (Å²) in [4.78, 5) is 27.1. The molecule has 1 saturated carbocycles. The van der Waals surface area contributed by atoms with Gasteiger partial charge in [0.1, 0.15) is 11.8 Å². The second-order valence-corrected chi connectivity index (χ2v) is 8.38. The zero-order valence-electron chi connectivity index (χ0n) is 16.9. The summed E-state index contributed by atoms with van der Waals surface area (Å²) in [5.74, 6) is 1.01.